The first kappa shape index (κ1) is 14.7. The molecular weight excluding hydrogens is 409 g/mol. The summed E-state index contributed by atoms with van der Waals surface area (Å²) in [5.41, 5.74) is -0.843. The van der Waals surface area contributed by atoms with Crippen LogP contribution in [0, 0.1) is 0 Å². The number of carbonyl (C=O) groups is 1. The molecule has 1 heterocycles. The lowest BCUT2D eigenvalue weighted by Gasteiger charge is -2.10. The van der Waals surface area contributed by atoms with Crippen molar-refractivity contribution < 1.29 is 18.0 Å². The van der Waals surface area contributed by atoms with Crippen molar-refractivity contribution >= 4 is 49.0 Å². The van der Waals surface area contributed by atoms with E-state index in [1.165, 1.54) is 23.5 Å². The summed E-state index contributed by atoms with van der Waals surface area (Å²) < 4.78 is 38.8. The number of thiophene rings is 1. The van der Waals surface area contributed by atoms with Crippen LogP contribution in [0.3, 0.4) is 0 Å². The summed E-state index contributed by atoms with van der Waals surface area (Å²) in [6.45, 7) is 0. The normalized spacial score (nSPS) is 11.6. The number of carbonyl (C=O) groups excluding carboxylic acids is 1. The number of rotatable bonds is 2. The van der Waals surface area contributed by atoms with Crippen LogP contribution in [0.25, 0.3) is 0 Å². The zero-order valence-electron chi connectivity index (χ0n) is 9.09. The fraction of sp³-hybridized carbons (Fsp3) is 0.0833. The van der Waals surface area contributed by atoms with Gasteiger partial charge >= 0.3 is 6.18 Å². The molecule has 19 heavy (non-hydrogen) atoms. The van der Waals surface area contributed by atoms with Gasteiger partial charge in [-0.15, -0.1) is 11.3 Å². The third-order valence-corrected chi connectivity index (χ3v) is 4.89. The molecule has 0 aliphatic heterocycles. The lowest BCUT2D eigenvalue weighted by molar-refractivity contribution is -0.138. The molecule has 0 saturated carbocycles. The first-order valence-electron chi connectivity index (χ1n) is 4.95. The Morgan fingerprint density at radius 1 is 1.11 bits per heavy atom. The average Bonchev–Trinajstić information content (AvgIpc) is 2.73. The monoisotopic (exact) mass is 412 g/mol. The predicted molar refractivity (Wildman–Crippen MR) is 74.6 cm³/mol. The molecule has 1 aromatic carbocycles. The number of hydrogen-bond donors (Lipinski definition) is 0. The van der Waals surface area contributed by atoms with Gasteiger partial charge in [-0.3, -0.25) is 4.79 Å². The number of hydrogen-bond acceptors (Lipinski definition) is 2. The first-order chi connectivity index (χ1) is 8.80. The number of ketones is 1. The highest BCUT2D eigenvalue weighted by molar-refractivity contribution is 9.10. The maximum atomic E-state index is 12.8. The Balaban J connectivity index is 2.48. The molecule has 0 amide bonds. The Hall–Kier alpha value is -0.660. The number of benzene rings is 1. The minimum absolute atomic E-state index is 0.0127. The first-order valence-corrected chi connectivity index (χ1v) is 7.41. The summed E-state index contributed by atoms with van der Waals surface area (Å²) in [5, 5.41) is 1.70. The fourth-order valence-electron chi connectivity index (χ4n) is 1.47. The molecule has 1 aromatic heterocycles. The molecule has 0 bridgehead atoms. The van der Waals surface area contributed by atoms with E-state index in [0.29, 0.717) is 9.35 Å². The van der Waals surface area contributed by atoms with Gasteiger partial charge in [-0.1, -0.05) is 15.9 Å². The van der Waals surface area contributed by atoms with Crippen LogP contribution in [0.4, 0.5) is 13.2 Å². The molecule has 0 saturated heterocycles. The van der Waals surface area contributed by atoms with E-state index in [9.17, 15) is 18.0 Å². The van der Waals surface area contributed by atoms with Gasteiger partial charge in [0.2, 0.25) is 5.78 Å². The minimum atomic E-state index is -4.50. The molecule has 7 heteroatoms. The van der Waals surface area contributed by atoms with E-state index in [-0.39, 0.29) is 10.0 Å². The zero-order chi connectivity index (χ0) is 14.2. The Morgan fingerprint density at radius 2 is 1.79 bits per heavy atom. The van der Waals surface area contributed by atoms with Gasteiger partial charge in [0, 0.05) is 14.5 Å². The van der Waals surface area contributed by atoms with E-state index in [4.69, 9.17) is 0 Å². The van der Waals surface area contributed by atoms with Gasteiger partial charge in [-0.2, -0.15) is 13.2 Å². The van der Waals surface area contributed by atoms with Crippen LogP contribution in [-0.2, 0) is 6.18 Å². The SMILES string of the molecule is O=C(c1ccc(Br)c(C(F)(F)F)c1)c1sccc1Br. The third-order valence-electron chi connectivity index (χ3n) is 2.36. The fourth-order valence-corrected chi connectivity index (χ4v) is 3.46. The van der Waals surface area contributed by atoms with Crippen molar-refractivity contribution in [2.75, 3.05) is 0 Å². The molecule has 0 aliphatic rings. The Kier molecular flexibility index (Phi) is 4.17. The van der Waals surface area contributed by atoms with Crippen LogP contribution >= 0.6 is 43.2 Å². The molecule has 2 rings (SSSR count). The van der Waals surface area contributed by atoms with Crippen molar-refractivity contribution in [2.24, 2.45) is 0 Å². The van der Waals surface area contributed by atoms with Gasteiger partial charge in [0.15, 0.2) is 0 Å². The summed E-state index contributed by atoms with van der Waals surface area (Å²) in [6, 6.07) is 5.14. The lowest BCUT2D eigenvalue weighted by atomic mass is 10.1. The molecule has 0 spiro atoms. The van der Waals surface area contributed by atoms with Gasteiger partial charge in [0.05, 0.1) is 10.4 Å². The molecule has 0 fully saturated rings. The number of alkyl halides is 3. The van der Waals surface area contributed by atoms with Gasteiger partial charge < -0.3 is 0 Å². The average molecular weight is 414 g/mol. The second-order valence-electron chi connectivity index (χ2n) is 3.62. The second-order valence-corrected chi connectivity index (χ2v) is 6.24. The van der Waals surface area contributed by atoms with Gasteiger partial charge in [0.1, 0.15) is 0 Å². The Morgan fingerprint density at radius 3 is 2.32 bits per heavy atom. The predicted octanol–water partition coefficient (Wildman–Crippen LogP) is 5.52. The lowest BCUT2D eigenvalue weighted by Crippen LogP contribution is -2.09. The quantitative estimate of drug-likeness (QED) is 0.592. The molecule has 0 radical (unpaired) electrons. The van der Waals surface area contributed by atoms with Crippen LogP contribution < -0.4 is 0 Å². The van der Waals surface area contributed by atoms with E-state index in [2.05, 4.69) is 31.9 Å². The molecule has 0 unspecified atom stereocenters. The highest BCUT2D eigenvalue weighted by Gasteiger charge is 2.33. The Labute approximate surface area is 127 Å². The summed E-state index contributed by atoms with van der Waals surface area (Å²) in [4.78, 5) is 12.5. The van der Waals surface area contributed by atoms with Crippen LogP contribution in [-0.4, -0.2) is 5.78 Å². The molecule has 1 nitrogen and oxygen atoms in total. The van der Waals surface area contributed by atoms with Crippen LogP contribution in [0.5, 0.6) is 0 Å². The minimum Gasteiger partial charge on any atom is -0.288 e. The maximum Gasteiger partial charge on any atom is 0.417 e. The topological polar surface area (TPSA) is 17.1 Å². The summed E-state index contributed by atoms with van der Waals surface area (Å²) in [5.74, 6) is -0.431. The van der Waals surface area contributed by atoms with E-state index in [1.54, 1.807) is 11.4 Å². The number of halogens is 5. The Bertz CT molecular complexity index is 634. The summed E-state index contributed by atoms with van der Waals surface area (Å²) in [7, 11) is 0. The van der Waals surface area contributed by atoms with Crippen molar-refractivity contribution in [2.45, 2.75) is 6.18 Å². The highest BCUT2D eigenvalue weighted by Crippen LogP contribution is 2.36. The molecule has 0 N–H and O–H groups in total. The largest absolute Gasteiger partial charge is 0.417 e. The van der Waals surface area contributed by atoms with E-state index in [0.717, 1.165) is 6.07 Å². The molecule has 0 atom stereocenters. The van der Waals surface area contributed by atoms with Crippen molar-refractivity contribution in [3.8, 4) is 0 Å². The molecule has 2 aromatic rings. The van der Waals surface area contributed by atoms with Crippen molar-refractivity contribution in [1.29, 1.82) is 0 Å². The van der Waals surface area contributed by atoms with Gasteiger partial charge in [-0.05, 0) is 45.6 Å². The third kappa shape index (κ3) is 3.09. The van der Waals surface area contributed by atoms with Crippen molar-refractivity contribution in [1.82, 2.24) is 0 Å². The van der Waals surface area contributed by atoms with Crippen molar-refractivity contribution in [3.05, 3.63) is 54.6 Å². The van der Waals surface area contributed by atoms with E-state index in [1.807, 2.05) is 0 Å². The van der Waals surface area contributed by atoms with Crippen LogP contribution in [0.15, 0.2) is 38.6 Å². The van der Waals surface area contributed by atoms with E-state index < -0.39 is 17.5 Å². The van der Waals surface area contributed by atoms with E-state index >= 15 is 0 Å². The van der Waals surface area contributed by atoms with Crippen LogP contribution in [0.1, 0.15) is 20.8 Å². The van der Waals surface area contributed by atoms with Gasteiger partial charge in [-0.25, -0.2) is 0 Å². The highest BCUT2D eigenvalue weighted by atomic mass is 79.9. The standard InChI is InChI=1S/C12H5Br2F3OS/c13-8-2-1-6(5-7(8)12(15,16)17)10(18)11-9(14)3-4-19-11/h1-5H. The smallest absolute Gasteiger partial charge is 0.288 e. The van der Waals surface area contributed by atoms with Crippen molar-refractivity contribution in [3.63, 3.8) is 0 Å². The summed E-state index contributed by atoms with van der Waals surface area (Å²) >= 11 is 7.22. The zero-order valence-corrected chi connectivity index (χ0v) is 13.1. The molecule has 0 aliphatic carbocycles. The molecule has 100 valence electrons. The summed E-state index contributed by atoms with van der Waals surface area (Å²) in [6.07, 6.45) is -4.50. The van der Waals surface area contributed by atoms with Crippen LogP contribution in [0.2, 0.25) is 0 Å². The maximum absolute atomic E-state index is 12.8. The van der Waals surface area contributed by atoms with Gasteiger partial charge in [0.25, 0.3) is 0 Å². The molecular formula is C12H5Br2F3OS. The second kappa shape index (κ2) is 5.38.